The number of halogens is 1. The third-order valence-corrected chi connectivity index (χ3v) is 5.05. The van der Waals surface area contributed by atoms with E-state index < -0.39 is 5.91 Å². The van der Waals surface area contributed by atoms with Crippen LogP contribution in [0.4, 0.5) is 0 Å². The molecule has 7 heteroatoms. The monoisotopic (exact) mass is 433 g/mol. The molecule has 0 saturated heterocycles. The molecule has 0 spiro atoms. The number of allylic oxidation sites excluding steroid dienone is 2. The lowest BCUT2D eigenvalue weighted by Crippen LogP contribution is -2.25. The highest BCUT2D eigenvalue weighted by molar-refractivity contribution is 6.32. The van der Waals surface area contributed by atoms with E-state index in [1.165, 1.54) is 6.08 Å². The van der Waals surface area contributed by atoms with Crippen molar-refractivity contribution in [3.8, 4) is 11.5 Å². The summed E-state index contributed by atoms with van der Waals surface area (Å²) in [5, 5.41) is 0.616. The maximum Gasteiger partial charge on any atom is 0.271 e. The van der Waals surface area contributed by atoms with Crippen molar-refractivity contribution in [3.05, 3.63) is 88.6 Å². The lowest BCUT2D eigenvalue weighted by atomic mass is 10.1. The molecular weight excluding hydrogens is 414 g/mol. The summed E-state index contributed by atoms with van der Waals surface area (Å²) in [5.41, 5.74) is 2.61. The molecule has 0 radical (unpaired) electrons. The van der Waals surface area contributed by atoms with E-state index in [9.17, 15) is 4.79 Å². The van der Waals surface area contributed by atoms with Crippen molar-refractivity contribution in [1.82, 2.24) is 4.90 Å². The van der Waals surface area contributed by atoms with Gasteiger partial charge in [0.15, 0.2) is 17.3 Å². The van der Waals surface area contributed by atoms with Gasteiger partial charge in [0.1, 0.15) is 5.84 Å². The molecule has 0 bridgehead atoms. The molecule has 2 aliphatic rings. The maximum atomic E-state index is 12.6. The zero-order valence-electron chi connectivity index (χ0n) is 17.1. The second-order valence-corrected chi connectivity index (χ2v) is 7.26. The number of amides is 1. The average Bonchev–Trinajstić information content (AvgIpc) is 2.93. The Balaban J connectivity index is 1.65. The molecule has 0 atom stereocenters. The molecule has 1 amide bonds. The number of aliphatic imine (C=N–C) groups is 2. The average molecular weight is 434 g/mol. The summed E-state index contributed by atoms with van der Waals surface area (Å²) >= 11 is 6.15. The molecule has 31 heavy (non-hydrogen) atoms. The minimum Gasteiger partial charge on any atom is -0.493 e. The normalized spacial score (nSPS) is 16.4. The van der Waals surface area contributed by atoms with Gasteiger partial charge < -0.3 is 14.4 Å². The second-order valence-electron chi connectivity index (χ2n) is 6.82. The molecule has 2 aromatic carbocycles. The molecule has 2 aliphatic heterocycles. The Labute approximate surface area is 185 Å². The fourth-order valence-electron chi connectivity index (χ4n) is 3.32. The Bertz CT molecular complexity index is 1180. The molecule has 0 aromatic heterocycles. The van der Waals surface area contributed by atoms with Gasteiger partial charge in [0.25, 0.3) is 5.91 Å². The summed E-state index contributed by atoms with van der Waals surface area (Å²) in [7, 11) is 3.14. The van der Waals surface area contributed by atoms with Gasteiger partial charge in [-0.1, -0.05) is 41.9 Å². The van der Waals surface area contributed by atoms with E-state index >= 15 is 0 Å². The number of nitrogens with zero attached hydrogens (tertiary/aromatic N) is 3. The first-order chi connectivity index (χ1) is 15.1. The summed E-state index contributed by atoms with van der Waals surface area (Å²) in [5.74, 6) is 1.84. The van der Waals surface area contributed by atoms with Crippen molar-refractivity contribution in [2.75, 3.05) is 14.2 Å². The zero-order valence-corrected chi connectivity index (χ0v) is 17.8. The van der Waals surface area contributed by atoms with Crippen LogP contribution in [0.1, 0.15) is 16.7 Å². The van der Waals surface area contributed by atoms with Crippen molar-refractivity contribution in [2.24, 2.45) is 9.98 Å². The molecule has 0 N–H and O–H groups in total. The van der Waals surface area contributed by atoms with E-state index in [-0.39, 0.29) is 0 Å². The molecule has 6 nitrogen and oxygen atoms in total. The van der Waals surface area contributed by atoms with Crippen molar-refractivity contribution in [3.63, 3.8) is 0 Å². The van der Waals surface area contributed by atoms with Crippen LogP contribution in [0.15, 0.2) is 81.9 Å². The van der Waals surface area contributed by atoms with Crippen LogP contribution in [0, 0.1) is 0 Å². The van der Waals surface area contributed by atoms with Gasteiger partial charge in [0, 0.05) is 24.4 Å². The predicted molar refractivity (Wildman–Crippen MR) is 123 cm³/mol. The summed E-state index contributed by atoms with van der Waals surface area (Å²) in [6.07, 6.45) is 8.49. The number of carbonyl (C=O) groups is 1. The number of amidine groups is 2. The van der Waals surface area contributed by atoms with E-state index in [0.29, 0.717) is 34.7 Å². The fraction of sp³-hybridized carbons (Fsp3) is 0.125. The molecule has 0 aliphatic carbocycles. The van der Waals surface area contributed by atoms with Crippen molar-refractivity contribution < 1.29 is 14.3 Å². The SMILES string of the molecule is COc1ccc(C=CC(=O)N=C2N=C3C=CC(Cl)=CN3Cc3ccccc32)cc1OC. The van der Waals surface area contributed by atoms with E-state index in [4.69, 9.17) is 21.1 Å². The van der Waals surface area contributed by atoms with Gasteiger partial charge in [-0.25, -0.2) is 4.99 Å². The second kappa shape index (κ2) is 9.02. The van der Waals surface area contributed by atoms with E-state index in [1.807, 2.05) is 47.5 Å². The van der Waals surface area contributed by atoms with Gasteiger partial charge in [-0.2, -0.15) is 4.99 Å². The summed E-state index contributed by atoms with van der Waals surface area (Å²) in [4.78, 5) is 23.5. The van der Waals surface area contributed by atoms with Gasteiger partial charge in [-0.3, -0.25) is 4.79 Å². The molecule has 0 fully saturated rings. The van der Waals surface area contributed by atoms with Gasteiger partial charge in [-0.05, 0) is 41.5 Å². The van der Waals surface area contributed by atoms with Crippen LogP contribution < -0.4 is 9.47 Å². The number of hydrogen-bond acceptors (Lipinski definition) is 4. The molecule has 2 heterocycles. The first kappa shape index (κ1) is 20.6. The number of ether oxygens (including phenoxy) is 2. The molecule has 4 rings (SSSR count). The molecule has 0 saturated carbocycles. The Morgan fingerprint density at radius 1 is 1.13 bits per heavy atom. The number of benzene rings is 2. The summed E-state index contributed by atoms with van der Waals surface area (Å²) in [6.45, 7) is 0.588. The molecule has 0 unspecified atom stereocenters. The van der Waals surface area contributed by atoms with Gasteiger partial charge in [-0.15, -0.1) is 0 Å². The van der Waals surface area contributed by atoms with Crippen LogP contribution in [0.3, 0.4) is 0 Å². The predicted octanol–water partition coefficient (Wildman–Crippen LogP) is 4.55. The minimum atomic E-state index is -0.411. The number of rotatable bonds is 4. The largest absolute Gasteiger partial charge is 0.493 e. The van der Waals surface area contributed by atoms with Gasteiger partial charge in [0.05, 0.1) is 19.3 Å². The number of hydrogen-bond donors (Lipinski definition) is 0. The highest BCUT2D eigenvalue weighted by atomic mass is 35.5. The fourth-order valence-corrected chi connectivity index (χ4v) is 3.50. The third kappa shape index (κ3) is 4.59. The zero-order chi connectivity index (χ0) is 21.8. The molecular formula is C24H20ClN3O3. The minimum absolute atomic E-state index is 0.367. The first-order valence-corrected chi connectivity index (χ1v) is 9.97. The van der Waals surface area contributed by atoms with Crippen LogP contribution in [0.25, 0.3) is 6.08 Å². The maximum absolute atomic E-state index is 12.6. The van der Waals surface area contributed by atoms with Crippen molar-refractivity contribution >= 4 is 35.3 Å². The third-order valence-electron chi connectivity index (χ3n) is 4.83. The lowest BCUT2D eigenvalue weighted by molar-refractivity contribution is -0.113. The van der Waals surface area contributed by atoms with Crippen LogP contribution in [0.5, 0.6) is 11.5 Å². The van der Waals surface area contributed by atoms with Crippen molar-refractivity contribution in [1.29, 1.82) is 0 Å². The van der Waals surface area contributed by atoms with Crippen LogP contribution in [-0.2, 0) is 11.3 Å². The van der Waals surface area contributed by atoms with Crippen LogP contribution in [-0.4, -0.2) is 36.7 Å². The Hall–Kier alpha value is -3.64. The highest BCUT2D eigenvalue weighted by Gasteiger charge is 2.21. The summed E-state index contributed by atoms with van der Waals surface area (Å²) in [6, 6.07) is 13.2. The van der Waals surface area contributed by atoms with Crippen LogP contribution >= 0.6 is 11.6 Å². The molecule has 156 valence electrons. The highest BCUT2D eigenvalue weighted by Crippen LogP contribution is 2.28. The lowest BCUT2D eigenvalue weighted by Gasteiger charge is -2.21. The quantitative estimate of drug-likeness (QED) is 0.663. The van der Waals surface area contributed by atoms with Crippen molar-refractivity contribution in [2.45, 2.75) is 6.54 Å². The van der Waals surface area contributed by atoms with E-state index in [0.717, 1.165) is 16.7 Å². The van der Waals surface area contributed by atoms with Gasteiger partial charge >= 0.3 is 0 Å². The number of methoxy groups -OCH3 is 2. The molecule has 2 aromatic rings. The van der Waals surface area contributed by atoms with E-state index in [1.54, 1.807) is 38.5 Å². The first-order valence-electron chi connectivity index (χ1n) is 9.59. The standard InChI is InChI=1S/C24H20ClN3O3/c1-30-20-10-7-16(13-21(20)31-2)8-12-23(29)27-24-19-6-4-3-5-17(19)14-28-15-18(25)9-11-22(28)26-24/h3-13,15H,14H2,1-2H3. The topological polar surface area (TPSA) is 63.5 Å². The smallest absolute Gasteiger partial charge is 0.271 e. The Morgan fingerprint density at radius 2 is 1.94 bits per heavy atom. The van der Waals surface area contributed by atoms with Crippen LogP contribution in [0.2, 0.25) is 0 Å². The Morgan fingerprint density at radius 3 is 2.74 bits per heavy atom. The summed E-state index contributed by atoms with van der Waals surface area (Å²) < 4.78 is 10.5. The van der Waals surface area contributed by atoms with E-state index in [2.05, 4.69) is 9.98 Å². The Kier molecular flexibility index (Phi) is 6.00. The number of fused-ring (bicyclic) bond motifs is 2. The number of carbonyl (C=O) groups excluding carboxylic acids is 1. The van der Waals surface area contributed by atoms with Gasteiger partial charge in [0.2, 0.25) is 0 Å².